The first-order valence-electron chi connectivity index (χ1n) is 11.9. The highest BCUT2D eigenvalue weighted by molar-refractivity contribution is 7.90. The number of fused-ring (bicyclic) bond motifs is 1. The van der Waals surface area contributed by atoms with E-state index in [9.17, 15) is 28.1 Å². The fourth-order valence-corrected chi connectivity index (χ4v) is 6.02. The Morgan fingerprint density at radius 2 is 1.81 bits per heavy atom. The van der Waals surface area contributed by atoms with E-state index in [1.165, 1.54) is 25.3 Å². The van der Waals surface area contributed by atoms with E-state index < -0.39 is 20.6 Å². The molecule has 4 rings (SSSR count). The third kappa shape index (κ3) is 5.19. The van der Waals surface area contributed by atoms with Crippen molar-refractivity contribution in [2.24, 2.45) is 0 Å². The number of nitro groups is 1. The second kappa shape index (κ2) is 10.6. The van der Waals surface area contributed by atoms with Crippen LogP contribution in [-0.4, -0.2) is 58.4 Å². The van der Waals surface area contributed by atoms with Gasteiger partial charge in [0.25, 0.3) is 15.7 Å². The average Bonchev–Trinajstić information content (AvgIpc) is 3.14. The van der Waals surface area contributed by atoms with Gasteiger partial charge in [0.1, 0.15) is 6.54 Å². The third-order valence-electron chi connectivity index (χ3n) is 6.57. The predicted octanol–water partition coefficient (Wildman–Crippen LogP) is 2.33. The van der Waals surface area contributed by atoms with Crippen LogP contribution in [0.3, 0.4) is 0 Å². The van der Waals surface area contributed by atoms with Gasteiger partial charge >= 0.3 is 5.69 Å². The number of para-hydroxylation sites is 2. The van der Waals surface area contributed by atoms with Crippen molar-refractivity contribution in [3.8, 4) is 0 Å². The number of carbonyl (C=O) groups excluding carboxylic acids is 1. The molecule has 1 amide bonds. The van der Waals surface area contributed by atoms with Crippen molar-refractivity contribution in [2.45, 2.75) is 50.1 Å². The number of piperidine rings is 1. The van der Waals surface area contributed by atoms with Crippen molar-refractivity contribution in [3.05, 3.63) is 69.1 Å². The van der Waals surface area contributed by atoms with E-state index in [1.807, 2.05) is 0 Å². The summed E-state index contributed by atoms with van der Waals surface area (Å²) in [6, 6.07) is 11.1. The molecule has 0 saturated carbocycles. The van der Waals surface area contributed by atoms with Crippen LogP contribution in [0.25, 0.3) is 11.0 Å². The van der Waals surface area contributed by atoms with E-state index in [2.05, 4.69) is 17.1 Å². The Balaban J connectivity index is 1.52. The summed E-state index contributed by atoms with van der Waals surface area (Å²) in [5.74, 6) is -0.389. The molecule has 1 fully saturated rings. The number of carbonyl (C=O) groups is 1. The molecule has 0 bridgehead atoms. The van der Waals surface area contributed by atoms with E-state index in [-0.39, 0.29) is 28.6 Å². The Hall–Kier alpha value is -3.51. The summed E-state index contributed by atoms with van der Waals surface area (Å²) in [4.78, 5) is 38.3. The molecule has 1 unspecified atom stereocenters. The Morgan fingerprint density at radius 1 is 1.11 bits per heavy atom. The SMILES string of the molecule is CC1CCCCN1CCCNC(=O)Cn1c(=O)n(S(=O)(=O)c2ccc([N+](=O)[O-])cc2)c2ccccc21. The van der Waals surface area contributed by atoms with Gasteiger partial charge in [-0.3, -0.25) is 19.5 Å². The second-order valence-electron chi connectivity index (χ2n) is 8.96. The molecule has 12 heteroatoms. The molecule has 3 aromatic rings. The number of imidazole rings is 1. The number of hydrogen-bond donors (Lipinski definition) is 1. The first-order valence-corrected chi connectivity index (χ1v) is 13.3. The van der Waals surface area contributed by atoms with Crippen molar-refractivity contribution < 1.29 is 18.1 Å². The first kappa shape index (κ1) is 25.6. The number of likely N-dealkylation sites (tertiary alicyclic amines) is 1. The summed E-state index contributed by atoms with van der Waals surface area (Å²) in [6.07, 6.45) is 4.40. The highest BCUT2D eigenvalue weighted by atomic mass is 32.2. The Labute approximate surface area is 208 Å². The van der Waals surface area contributed by atoms with Crippen LogP contribution < -0.4 is 11.0 Å². The third-order valence-corrected chi connectivity index (χ3v) is 8.27. The molecule has 1 atom stereocenters. The van der Waals surface area contributed by atoms with Crippen molar-refractivity contribution in [1.82, 2.24) is 18.8 Å². The van der Waals surface area contributed by atoms with Crippen LogP contribution in [0.4, 0.5) is 5.69 Å². The van der Waals surface area contributed by atoms with Gasteiger partial charge in [-0.1, -0.05) is 18.6 Å². The molecule has 1 N–H and O–H groups in total. The van der Waals surface area contributed by atoms with Crippen LogP contribution in [0, 0.1) is 10.1 Å². The van der Waals surface area contributed by atoms with E-state index in [0.29, 0.717) is 22.1 Å². The highest BCUT2D eigenvalue weighted by Crippen LogP contribution is 2.22. The van der Waals surface area contributed by atoms with Gasteiger partial charge in [-0.25, -0.2) is 13.2 Å². The molecule has 11 nitrogen and oxygen atoms in total. The van der Waals surface area contributed by atoms with Crippen LogP contribution in [0.2, 0.25) is 0 Å². The second-order valence-corrected chi connectivity index (χ2v) is 10.7. The van der Waals surface area contributed by atoms with Crippen molar-refractivity contribution in [1.29, 1.82) is 0 Å². The average molecular weight is 516 g/mol. The summed E-state index contributed by atoms with van der Waals surface area (Å²) < 4.78 is 28.4. The maximum atomic E-state index is 13.3. The molecule has 1 aromatic heterocycles. The van der Waals surface area contributed by atoms with E-state index in [0.717, 1.165) is 48.3 Å². The van der Waals surface area contributed by atoms with E-state index in [4.69, 9.17) is 0 Å². The molecular formula is C24H29N5O6S. The maximum Gasteiger partial charge on any atom is 0.343 e. The molecule has 0 radical (unpaired) electrons. The molecule has 0 aliphatic carbocycles. The fraction of sp³-hybridized carbons (Fsp3) is 0.417. The molecule has 192 valence electrons. The molecule has 1 aliphatic rings. The number of benzene rings is 2. The van der Waals surface area contributed by atoms with Crippen molar-refractivity contribution >= 4 is 32.7 Å². The number of rotatable bonds is 9. The monoisotopic (exact) mass is 515 g/mol. The minimum absolute atomic E-state index is 0.118. The number of nitro benzene ring substituents is 1. The van der Waals surface area contributed by atoms with Crippen LogP contribution in [0.1, 0.15) is 32.6 Å². The van der Waals surface area contributed by atoms with Gasteiger partial charge in [0, 0.05) is 31.3 Å². The van der Waals surface area contributed by atoms with Crippen molar-refractivity contribution in [2.75, 3.05) is 19.6 Å². The number of nitrogens with one attached hydrogen (secondary N) is 1. The predicted molar refractivity (Wildman–Crippen MR) is 134 cm³/mol. The lowest BCUT2D eigenvalue weighted by Gasteiger charge is -2.33. The minimum Gasteiger partial charge on any atom is -0.354 e. The zero-order valence-corrected chi connectivity index (χ0v) is 20.8. The van der Waals surface area contributed by atoms with Gasteiger partial charge in [-0.15, -0.1) is 0 Å². The molecule has 1 saturated heterocycles. The molecule has 1 aliphatic heterocycles. The van der Waals surface area contributed by atoms with Crippen LogP contribution in [-0.2, 0) is 21.4 Å². The topological polar surface area (TPSA) is 137 Å². The number of non-ortho nitro benzene ring substituents is 1. The van der Waals surface area contributed by atoms with Crippen molar-refractivity contribution in [3.63, 3.8) is 0 Å². The van der Waals surface area contributed by atoms with Gasteiger partial charge in [0.05, 0.1) is 20.9 Å². The molecule has 2 aromatic carbocycles. The zero-order valence-electron chi connectivity index (χ0n) is 20.0. The van der Waals surface area contributed by atoms with Gasteiger partial charge in [0.2, 0.25) is 5.91 Å². The Bertz CT molecular complexity index is 1430. The number of hydrogen-bond acceptors (Lipinski definition) is 7. The van der Waals surface area contributed by atoms with E-state index in [1.54, 1.807) is 18.2 Å². The number of nitrogens with zero attached hydrogens (tertiary/aromatic N) is 4. The number of aromatic nitrogens is 2. The lowest BCUT2D eigenvalue weighted by molar-refractivity contribution is -0.384. The summed E-state index contributed by atoms with van der Waals surface area (Å²) in [5, 5.41) is 13.7. The lowest BCUT2D eigenvalue weighted by atomic mass is 10.0. The summed E-state index contributed by atoms with van der Waals surface area (Å²) in [6.45, 7) is 4.28. The highest BCUT2D eigenvalue weighted by Gasteiger charge is 2.26. The van der Waals surface area contributed by atoms with Gasteiger partial charge in [-0.05, 0) is 57.0 Å². The molecule has 36 heavy (non-hydrogen) atoms. The summed E-state index contributed by atoms with van der Waals surface area (Å²) >= 11 is 0. The molecule has 0 spiro atoms. The number of amides is 1. The van der Waals surface area contributed by atoms with Crippen LogP contribution >= 0.6 is 0 Å². The normalized spacial score (nSPS) is 16.8. The Morgan fingerprint density at radius 3 is 2.47 bits per heavy atom. The minimum atomic E-state index is -4.37. The summed E-state index contributed by atoms with van der Waals surface area (Å²) in [5.41, 5.74) is -0.736. The van der Waals surface area contributed by atoms with Gasteiger partial charge < -0.3 is 10.2 Å². The summed E-state index contributed by atoms with van der Waals surface area (Å²) in [7, 11) is -4.37. The molecular weight excluding hydrogens is 486 g/mol. The first-order chi connectivity index (χ1) is 17.2. The van der Waals surface area contributed by atoms with Crippen LogP contribution in [0.15, 0.2) is 58.2 Å². The van der Waals surface area contributed by atoms with Gasteiger partial charge in [0.15, 0.2) is 0 Å². The quantitative estimate of drug-likeness (QED) is 0.262. The Kier molecular flexibility index (Phi) is 7.55. The largest absolute Gasteiger partial charge is 0.354 e. The maximum absolute atomic E-state index is 13.3. The van der Waals surface area contributed by atoms with Crippen LogP contribution in [0.5, 0.6) is 0 Å². The van der Waals surface area contributed by atoms with Gasteiger partial charge in [-0.2, -0.15) is 3.97 Å². The molecule has 2 heterocycles. The fourth-order valence-electron chi connectivity index (χ4n) is 4.61. The standard InChI is InChI=1S/C24H29N5O6S/c1-18-7-4-5-15-26(18)16-6-14-25-23(30)17-27-21-8-2-3-9-22(21)28(24(27)31)36(34,35)20-12-10-19(11-13-20)29(32)33/h2-3,8-13,18H,4-7,14-17H2,1H3,(H,25,30). The zero-order chi connectivity index (χ0) is 25.9. The van der Waals surface area contributed by atoms with E-state index >= 15 is 0 Å². The lowest BCUT2D eigenvalue weighted by Crippen LogP contribution is -2.40. The smallest absolute Gasteiger partial charge is 0.343 e.